The number of nitro benzene ring substituents is 1. The summed E-state index contributed by atoms with van der Waals surface area (Å²) in [6.07, 6.45) is 1.65. The van der Waals surface area contributed by atoms with E-state index in [0.29, 0.717) is 11.5 Å². The van der Waals surface area contributed by atoms with Crippen LogP contribution >= 0.6 is 11.8 Å². The minimum absolute atomic E-state index is 0.0718. The van der Waals surface area contributed by atoms with Crippen LogP contribution < -0.4 is 5.43 Å². The van der Waals surface area contributed by atoms with Crippen molar-refractivity contribution in [3.63, 3.8) is 0 Å². The van der Waals surface area contributed by atoms with Gasteiger partial charge in [0.25, 0.3) is 5.69 Å². The minimum Gasteiger partial charge on any atom is -0.272 e. The molecule has 0 saturated carbocycles. The van der Waals surface area contributed by atoms with Gasteiger partial charge in [-0.25, -0.2) is 5.43 Å². The van der Waals surface area contributed by atoms with Crippen LogP contribution in [0.25, 0.3) is 0 Å². The highest BCUT2D eigenvalue weighted by molar-refractivity contribution is 7.99. The molecular formula is C14H19N3O3S. The zero-order chi connectivity index (χ0) is 15.7. The van der Waals surface area contributed by atoms with Crippen LogP contribution in [-0.4, -0.2) is 22.3 Å². The summed E-state index contributed by atoms with van der Waals surface area (Å²) in [5.74, 6) is 0.798. The fraction of sp³-hybridized carbons (Fsp3) is 0.429. The Hall–Kier alpha value is -1.89. The maximum absolute atomic E-state index is 11.6. The van der Waals surface area contributed by atoms with Crippen LogP contribution in [0, 0.1) is 10.1 Å². The van der Waals surface area contributed by atoms with Crippen LogP contribution in [-0.2, 0) is 10.5 Å². The van der Waals surface area contributed by atoms with Crippen molar-refractivity contribution in [3.8, 4) is 0 Å². The summed E-state index contributed by atoms with van der Waals surface area (Å²) in [7, 11) is 0. The first-order chi connectivity index (χ1) is 10.1. The molecule has 6 nitrogen and oxygen atoms in total. The molecule has 0 unspecified atom stereocenters. The summed E-state index contributed by atoms with van der Waals surface area (Å²) in [4.78, 5) is 21.7. The molecule has 1 aromatic carbocycles. The molecule has 0 aliphatic heterocycles. The number of non-ortho nitro benzene ring substituents is 1. The SMILES string of the molecule is CCC(CC)=NNC(=O)CSCc1ccc([N+](=O)[O-])cc1. The van der Waals surface area contributed by atoms with Crippen molar-refractivity contribution < 1.29 is 9.72 Å². The Kier molecular flexibility index (Phi) is 7.45. The molecule has 0 aliphatic carbocycles. The Morgan fingerprint density at radius 3 is 2.43 bits per heavy atom. The van der Waals surface area contributed by atoms with E-state index in [1.807, 2.05) is 13.8 Å². The first kappa shape index (κ1) is 17.2. The topological polar surface area (TPSA) is 84.6 Å². The van der Waals surface area contributed by atoms with Gasteiger partial charge in [0.1, 0.15) is 0 Å². The Morgan fingerprint density at radius 2 is 1.90 bits per heavy atom. The predicted octanol–water partition coefficient (Wildman–Crippen LogP) is 3.12. The molecule has 1 N–H and O–H groups in total. The van der Waals surface area contributed by atoms with Crippen molar-refractivity contribution in [2.24, 2.45) is 5.10 Å². The zero-order valence-corrected chi connectivity index (χ0v) is 13.0. The third kappa shape index (κ3) is 6.40. The highest BCUT2D eigenvalue weighted by Crippen LogP contribution is 2.16. The number of nitrogens with zero attached hydrogens (tertiary/aromatic N) is 2. The van der Waals surface area contributed by atoms with Crippen molar-refractivity contribution in [1.29, 1.82) is 0 Å². The van der Waals surface area contributed by atoms with Gasteiger partial charge < -0.3 is 0 Å². The van der Waals surface area contributed by atoms with E-state index < -0.39 is 4.92 Å². The fourth-order valence-electron chi connectivity index (χ4n) is 1.56. The molecule has 7 heteroatoms. The van der Waals surface area contributed by atoms with Crippen molar-refractivity contribution in [2.45, 2.75) is 32.4 Å². The number of benzene rings is 1. The Morgan fingerprint density at radius 1 is 1.29 bits per heavy atom. The number of amides is 1. The van der Waals surface area contributed by atoms with Crippen molar-refractivity contribution in [1.82, 2.24) is 5.43 Å². The van der Waals surface area contributed by atoms with Crippen LogP contribution in [0.3, 0.4) is 0 Å². The highest BCUT2D eigenvalue weighted by Gasteiger charge is 2.05. The van der Waals surface area contributed by atoms with Crippen molar-refractivity contribution in [2.75, 3.05) is 5.75 Å². The number of nitro groups is 1. The molecule has 0 radical (unpaired) electrons. The second-order valence-corrected chi connectivity index (χ2v) is 5.32. The average molecular weight is 309 g/mol. The molecule has 0 fully saturated rings. The standard InChI is InChI=1S/C14H19N3O3S/c1-3-12(4-2)15-16-14(18)10-21-9-11-5-7-13(8-6-11)17(19)20/h5-8H,3-4,9-10H2,1-2H3,(H,16,18). The number of nitrogens with one attached hydrogen (secondary N) is 1. The maximum Gasteiger partial charge on any atom is 0.269 e. The number of carbonyl (C=O) groups is 1. The van der Waals surface area contributed by atoms with Crippen LogP contribution in [0.2, 0.25) is 0 Å². The third-order valence-corrected chi connectivity index (χ3v) is 3.81. The Bertz CT molecular complexity index is 509. The van der Waals surface area contributed by atoms with Crippen LogP contribution in [0.1, 0.15) is 32.3 Å². The molecule has 0 spiro atoms. The first-order valence-corrected chi connectivity index (χ1v) is 7.87. The molecule has 1 aromatic rings. The van der Waals surface area contributed by atoms with Gasteiger partial charge in [-0.1, -0.05) is 26.0 Å². The van der Waals surface area contributed by atoms with E-state index in [-0.39, 0.29) is 11.6 Å². The summed E-state index contributed by atoms with van der Waals surface area (Å²) in [5, 5.41) is 14.6. The van der Waals surface area contributed by atoms with Gasteiger partial charge in [0.2, 0.25) is 5.91 Å². The third-order valence-electron chi connectivity index (χ3n) is 2.80. The molecule has 21 heavy (non-hydrogen) atoms. The predicted molar refractivity (Wildman–Crippen MR) is 85.4 cm³/mol. The number of rotatable bonds is 8. The normalized spacial score (nSPS) is 10.0. The van der Waals surface area contributed by atoms with E-state index in [9.17, 15) is 14.9 Å². The lowest BCUT2D eigenvalue weighted by atomic mass is 10.2. The smallest absolute Gasteiger partial charge is 0.269 e. The van der Waals surface area contributed by atoms with Crippen LogP contribution in [0.15, 0.2) is 29.4 Å². The molecule has 0 saturated heterocycles. The van der Waals surface area contributed by atoms with Crippen molar-refractivity contribution >= 4 is 29.1 Å². The zero-order valence-electron chi connectivity index (χ0n) is 12.2. The first-order valence-electron chi connectivity index (χ1n) is 6.72. The van der Waals surface area contributed by atoms with Gasteiger partial charge in [-0.2, -0.15) is 5.10 Å². The summed E-state index contributed by atoms with van der Waals surface area (Å²) in [5.41, 5.74) is 4.52. The average Bonchev–Trinajstić information content (AvgIpc) is 2.49. The van der Waals surface area contributed by atoms with Gasteiger partial charge in [-0.3, -0.25) is 14.9 Å². The highest BCUT2D eigenvalue weighted by atomic mass is 32.2. The van der Waals surface area contributed by atoms with Crippen LogP contribution in [0.4, 0.5) is 5.69 Å². The molecule has 0 heterocycles. The second-order valence-electron chi connectivity index (χ2n) is 4.34. The number of hydrazone groups is 1. The molecule has 0 aliphatic rings. The minimum atomic E-state index is -0.429. The van der Waals surface area contributed by atoms with E-state index in [2.05, 4.69) is 10.5 Å². The summed E-state index contributed by atoms with van der Waals surface area (Å²) in [6, 6.07) is 6.34. The molecule has 0 atom stereocenters. The molecule has 1 rings (SSSR count). The molecule has 114 valence electrons. The van der Waals surface area contributed by atoms with Gasteiger partial charge in [0, 0.05) is 23.6 Å². The number of hydrogen-bond acceptors (Lipinski definition) is 5. The Labute approximate surface area is 128 Å². The maximum atomic E-state index is 11.6. The lowest BCUT2D eigenvalue weighted by molar-refractivity contribution is -0.384. The van der Waals surface area contributed by atoms with Gasteiger partial charge in [0.15, 0.2) is 0 Å². The monoisotopic (exact) mass is 309 g/mol. The van der Waals surface area contributed by atoms with Gasteiger partial charge in [-0.05, 0) is 18.4 Å². The lowest BCUT2D eigenvalue weighted by Crippen LogP contribution is -2.21. The van der Waals surface area contributed by atoms with Gasteiger partial charge >= 0.3 is 0 Å². The summed E-state index contributed by atoms with van der Waals surface area (Å²) < 4.78 is 0. The molecule has 0 aromatic heterocycles. The van der Waals surface area contributed by atoms with E-state index in [0.717, 1.165) is 24.1 Å². The lowest BCUT2D eigenvalue weighted by Gasteiger charge is -2.03. The summed E-state index contributed by atoms with van der Waals surface area (Å²) in [6.45, 7) is 4.00. The van der Waals surface area contributed by atoms with E-state index in [4.69, 9.17) is 0 Å². The van der Waals surface area contributed by atoms with E-state index >= 15 is 0 Å². The fourth-order valence-corrected chi connectivity index (χ4v) is 2.34. The Balaban J connectivity index is 2.34. The van der Waals surface area contributed by atoms with E-state index in [1.54, 1.807) is 12.1 Å². The molecule has 1 amide bonds. The number of carbonyl (C=O) groups excluding carboxylic acids is 1. The quantitative estimate of drug-likeness (QED) is 0.454. The molecule has 0 bridgehead atoms. The van der Waals surface area contributed by atoms with Crippen LogP contribution in [0.5, 0.6) is 0 Å². The number of hydrogen-bond donors (Lipinski definition) is 1. The van der Waals surface area contributed by atoms with E-state index in [1.165, 1.54) is 23.9 Å². The largest absolute Gasteiger partial charge is 0.272 e. The summed E-state index contributed by atoms with van der Waals surface area (Å²) >= 11 is 1.44. The van der Waals surface area contributed by atoms with Crippen molar-refractivity contribution in [3.05, 3.63) is 39.9 Å². The van der Waals surface area contributed by atoms with Gasteiger partial charge in [-0.15, -0.1) is 11.8 Å². The number of thioether (sulfide) groups is 1. The molecular weight excluding hydrogens is 290 g/mol. The second kappa shape index (κ2) is 9.12. The van der Waals surface area contributed by atoms with Gasteiger partial charge in [0.05, 0.1) is 10.7 Å².